The molecule has 1 aliphatic carbocycles. The van der Waals surface area contributed by atoms with Gasteiger partial charge in [-0.3, -0.25) is 0 Å². The number of fused-ring (bicyclic) bond motifs is 1. The van der Waals surface area contributed by atoms with E-state index >= 15 is 0 Å². The van der Waals surface area contributed by atoms with Gasteiger partial charge in [-0.05, 0) is 30.5 Å². The molecule has 0 N–H and O–H groups in total. The maximum atomic E-state index is 5.24. The summed E-state index contributed by atoms with van der Waals surface area (Å²) in [7, 11) is 1.74. The zero-order valence-corrected chi connectivity index (χ0v) is 8.13. The monoisotopic (exact) mass is 174 g/mol. The average molecular weight is 174 g/mol. The third kappa shape index (κ3) is 1.59. The van der Waals surface area contributed by atoms with Crippen LogP contribution < -0.4 is 0 Å². The minimum absolute atomic E-state index is 1.03. The van der Waals surface area contributed by atoms with E-state index in [9.17, 15) is 0 Å². The minimum Gasteiger partial charge on any atom is -0.501 e. The molecule has 1 aliphatic rings. The van der Waals surface area contributed by atoms with Crippen LogP contribution in [0, 0.1) is 6.92 Å². The molecular weight excluding hydrogens is 160 g/mol. The second-order valence-electron chi connectivity index (χ2n) is 3.52. The first-order valence-electron chi connectivity index (χ1n) is 4.63. The predicted octanol–water partition coefficient (Wildman–Crippen LogP) is 2.93. The predicted molar refractivity (Wildman–Crippen MR) is 54.5 cm³/mol. The fourth-order valence-electron chi connectivity index (χ4n) is 1.76. The molecule has 2 rings (SSSR count). The van der Waals surface area contributed by atoms with Crippen LogP contribution >= 0.6 is 0 Å². The van der Waals surface area contributed by atoms with Gasteiger partial charge in [-0.2, -0.15) is 0 Å². The van der Waals surface area contributed by atoms with E-state index in [2.05, 4.69) is 31.2 Å². The second kappa shape index (κ2) is 3.25. The molecule has 0 aromatic heterocycles. The van der Waals surface area contributed by atoms with Crippen molar-refractivity contribution in [3.8, 4) is 0 Å². The van der Waals surface area contributed by atoms with Gasteiger partial charge < -0.3 is 4.74 Å². The molecule has 0 aliphatic heterocycles. The van der Waals surface area contributed by atoms with Gasteiger partial charge in [0, 0.05) is 6.42 Å². The van der Waals surface area contributed by atoms with Crippen LogP contribution in [-0.4, -0.2) is 7.11 Å². The summed E-state index contributed by atoms with van der Waals surface area (Å²) in [6.07, 6.45) is 4.28. The number of hydrogen-bond donors (Lipinski definition) is 0. The van der Waals surface area contributed by atoms with Crippen molar-refractivity contribution < 1.29 is 4.74 Å². The molecule has 1 nitrogen and oxygen atoms in total. The summed E-state index contributed by atoms with van der Waals surface area (Å²) in [5.74, 6) is 1.09. The van der Waals surface area contributed by atoms with E-state index in [1.165, 1.54) is 16.7 Å². The van der Waals surface area contributed by atoms with E-state index in [0.29, 0.717) is 0 Å². The molecule has 0 bridgehead atoms. The highest BCUT2D eigenvalue weighted by Gasteiger charge is 2.09. The van der Waals surface area contributed by atoms with Crippen molar-refractivity contribution in [3.63, 3.8) is 0 Å². The molecule has 1 aromatic carbocycles. The van der Waals surface area contributed by atoms with Crippen molar-refractivity contribution >= 4 is 6.08 Å². The van der Waals surface area contributed by atoms with Crippen molar-refractivity contribution in [2.75, 3.05) is 7.11 Å². The van der Waals surface area contributed by atoms with Gasteiger partial charge in [0.2, 0.25) is 0 Å². The van der Waals surface area contributed by atoms with E-state index in [1.54, 1.807) is 7.11 Å². The molecule has 0 radical (unpaired) electrons. The Balaban J connectivity index is 2.42. The molecule has 0 saturated heterocycles. The lowest BCUT2D eigenvalue weighted by Crippen LogP contribution is -2.00. The number of rotatable bonds is 1. The zero-order chi connectivity index (χ0) is 9.26. The van der Waals surface area contributed by atoms with Gasteiger partial charge >= 0.3 is 0 Å². The Morgan fingerprint density at radius 2 is 2.08 bits per heavy atom. The fourth-order valence-corrected chi connectivity index (χ4v) is 1.76. The third-order valence-corrected chi connectivity index (χ3v) is 2.52. The first-order valence-corrected chi connectivity index (χ1v) is 4.63. The molecule has 0 spiro atoms. The Hall–Kier alpha value is -1.24. The largest absolute Gasteiger partial charge is 0.501 e. The summed E-state index contributed by atoms with van der Waals surface area (Å²) in [6, 6.07) is 6.58. The summed E-state index contributed by atoms with van der Waals surface area (Å²) in [5, 5.41) is 0. The first-order chi connectivity index (χ1) is 6.29. The number of methoxy groups -OCH3 is 1. The van der Waals surface area contributed by atoms with Crippen molar-refractivity contribution in [2.24, 2.45) is 0 Å². The molecule has 0 saturated carbocycles. The topological polar surface area (TPSA) is 9.23 Å². The number of ether oxygens (including phenoxy) is 1. The Morgan fingerprint density at radius 3 is 2.85 bits per heavy atom. The number of allylic oxidation sites excluding steroid dienone is 1. The normalized spacial score (nSPS) is 14.8. The molecule has 0 heterocycles. The third-order valence-electron chi connectivity index (χ3n) is 2.52. The molecule has 1 aromatic rings. The highest BCUT2D eigenvalue weighted by Crippen LogP contribution is 2.24. The average Bonchev–Trinajstić information content (AvgIpc) is 2.17. The lowest BCUT2D eigenvalue weighted by molar-refractivity contribution is 0.280. The Kier molecular flexibility index (Phi) is 2.09. The van der Waals surface area contributed by atoms with Crippen LogP contribution in [0.4, 0.5) is 0 Å². The van der Waals surface area contributed by atoms with E-state index in [1.807, 2.05) is 0 Å². The molecule has 0 atom stereocenters. The summed E-state index contributed by atoms with van der Waals surface area (Å²) in [5.41, 5.74) is 4.10. The highest BCUT2D eigenvalue weighted by molar-refractivity contribution is 5.58. The van der Waals surface area contributed by atoms with Crippen LogP contribution in [-0.2, 0) is 11.2 Å². The SMILES string of the molecule is COC1=Cc2ccc(C)cc2CC1. The van der Waals surface area contributed by atoms with Crippen LogP contribution in [0.15, 0.2) is 24.0 Å². The minimum atomic E-state index is 1.03. The van der Waals surface area contributed by atoms with Gasteiger partial charge in [-0.25, -0.2) is 0 Å². The van der Waals surface area contributed by atoms with Crippen LogP contribution in [0.25, 0.3) is 6.08 Å². The van der Waals surface area contributed by atoms with E-state index in [0.717, 1.165) is 18.6 Å². The highest BCUT2D eigenvalue weighted by atomic mass is 16.5. The van der Waals surface area contributed by atoms with Crippen LogP contribution in [0.2, 0.25) is 0 Å². The van der Waals surface area contributed by atoms with Gasteiger partial charge in [0.25, 0.3) is 0 Å². The summed E-state index contributed by atoms with van der Waals surface area (Å²) in [4.78, 5) is 0. The zero-order valence-electron chi connectivity index (χ0n) is 8.13. The van der Waals surface area contributed by atoms with Gasteiger partial charge in [-0.1, -0.05) is 23.8 Å². The Labute approximate surface area is 79.0 Å². The summed E-state index contributed by atoms with van der Waals surface area (Å²) in [6.45, 7) is 2.13. The lowest BCUT2D eigenvalue weighted by atomic mass is 9.95. The molecule has 1 heteroatoms. The molecule has 0 unspecified atom stereocenters. The summed E-state index contributed by atoms with van der Waals surface area (Å²) >= 11 is 0. The molecular formula is C12H14O. The van der Waals surface area contributed by atoms with Gasteiger partial charge in [0.1, 0.15) is 0 Å². The molecule has 13 heavy (non-hydrogen) atoms. The Bertz CT molecular complexity index is 350. The smallest absolute Gasteiger partial charge is 0.0964 e. The van der Waals surface area contributed by atoms with Crippen LogP contribution in [0.5, 0.6) is 0 Å². The van der Waals surface area contributed by atoms with Gasteiger partial charge in [0.05, 0.1) is 12.9 Å². The lowest BCUT2D eigenvalue weighted by Gasteiger charge is -2.15. The fraction of sp³-hybridized carbons (Fsp3) is 0.333. The van der Waals surface area contributed by atoms with E-state index in [4.69, 9.17) is 4.74 Å². The number of benzene rings is 1. The molecule has 0 fully saturated rings. The van der Waals surface area contributed by atoms with Crippen molar-refractivity contribution in [2.45, 2.75) is 19.8 Å². The van der Waals surface area contributed by atoms with Crippen molar-refractivity contribution in [1.29, 1.82) is 0 Å². The first kappa shape index (κ1) is 8.36. The van der Waals surface area contributed by atoms with Crippen molar-refractivity contribution in [1.82, 2.24) is 0 Å². The quantitative estimate of drug-likeness (QED) is 0.636. The van der Waals surface area contributed by atoms with Crippen molar-refractivity contribution in [3.05, 3.63) is 40.6 Å². The van der Waals surface area contributed by atoms with E-state index < -0.39 is 0 Å². The maximum absolute atomic E-state index is 5.24. The van der Waals surface area contributed by atoms with Crippen LogP contribution in [0.3, 0.4) is 0 Å². The van der Waals surface area contributed by atoms with Crippen LogP contribution in [0.1, 0.15) is 23.1 Å². The molecule has 68 valence electrons. The van der Waals surface area contributed by atoms with Gasteiger partial charge in [-0.15, -0.1) is 0 Å². The number of hydrogen-bond acceptors (Lipinski definition) is 1. The number of aryl methyl sites for hydroxylation is 2. The maximum Gasteiger partial charge on any atom is 0.0964 e. The molecule has 0 amide bonds. The van der Waals surface area contributed by atoms with Gasteiger partial charge in [0.15, 0.2) is 0 Å². The Morgan fingerprint density at radius 1 is 1.23 bits per heavy atom. The standard InChI is InChI=1S/C12H14O/c1-9-3-4-11-8-12(13-2)6-5-10(11)7-9/h3-4,7-8H,5-6H2,1-2H3. The summed E-state index contributed by atoms with van der Waals surface area (Å²) < 4.78 is 5.24. The van der Waals surface area contributed by atoms with E-state index in [-0.39, 0.29) is 0 Å². The second-order valence-corrected chi connectivity index (χ2v) is 3.52.